The summed E-state index contributed by atoms with van der Waals surface area (Å²) in [5, 5.41) is 25.0. The van der Waals surface area contributed by atoms with Crippen molar-refractivity contribution in [2.45, 2.75) is 19.9 Å². The van der Waals surface area contributed by atoms with Crippen molar-refractivity contribution < 1.29 is 14.1 Å². The van der Waals surface area contributed by atoms with Gasteiger partial charge >= 0.3 is 0 Å². The van der Waals surface area contributed by atoms with Crippen LogP contribution in [0.4, 0.5) is 5.69 Å². The number of hydrogen-bond acceptors (Lipinski definition) is 7. The highest BCUT2D eigenvalue weighted by molar-refractivity contribution is 5.94. The Labute approximate surface area is 194 Å². The summed E-state index contributed by atoms with van der Waals surface area (Å²) in [6, 6.07) is 16.7. The van der Waals surface area contributed by atoms with Crippen LogP contribution in [0.1, 0.15) is 28.2 Å². The fourth-order valence-corrected chi connectivity index (χ4v) is 3.47. The second-order valence-corrected chi connectivity index (χ2v) is 7.51. The zero-order valence-corrected chi connectivity index (χ0v) is 18.3. The van der Waals surface area contributed by atoms with Crippen LogP contribution in [0.15, 0.2) is 71.4 Å². The molecule has 3 heterocycles. The highest BCUT2D eigenvalue weighted by Gasteiger charge is 2.24. The fraction of sp³-hybridized carbons (Fsp3) is 0.167. The number of pyridine rings is 1. The van der Waals surface area contributed by atoms with Crippen LogP contribution in [-0.2, 0) is 6.54 Å². The van der Waals surface area contributed by atoms with Gasteiger partial charge in [0.05, 0.1) is 23.1 Å². The monoisotopic (exact) mass is 456 g/mol. The minimum atomic E-state index is -0.507. The fourth-order valence-electron chi connectivity index (χ4n) is 3.47. The van der Waals surface area contributed by atoms with Gasteiger partial charge in [0.15, 0.2) is 5.76 Å². The number of rotatable bonds is 8. The third-order valence-corrected chi connectivity index (χ3v) is 5.08. The number of nitrogens with zero attached hydrogens (tertiary/aromatic N) is 6. The second kappa shape index (κ2) is 9.79. The smallest absolute Gasteiger partial charge is 0.272 e. The summed E-state index contributed by atoms with van der Waals surface area (Å²) in [5.41, 5.74) is 1.63. The van der Waals surface area contributed by atoms with E-state index >= 15 is 0 Å². The Morgan fingerprint density at radius 3 is 2.76 bits per heavy atom. The molecule has 4 aromatic rings. The lowest BCUT2D eigenvalue weighted by Crippen LogP contribution is -2.33. The van der Waals surface area contributed by atoms with Gasteiger partial charge in [-0.1, -0.05) is 12.1 Å². The van der Waals surface area contributed by atoms with Crippen molar-refractivity contribution in [2.24, 2.45) is 0 Å². The Bertz CT molecular complexity index is 1370. The zero-order valence-electron chi connectivity index (χ0n) is 18.3. The molecule has 1 amide bonds. The number of furan rings is 1. The largest absolute Gasteiger partial charge is 0.460 e. The SMILES string of the molecule is Cc1ccc(-c2cc(C(=O)N(CCC#N)Cc3cccnc3)n(-c3cccc([N+](=O)[O-])c3)n2)o1. The maximum Gasteiger partial charge on any atom is 0.272 e. The highest BCUT2D eigenvalue weighted by Crippen LogP contribution is 2.26. The first-order valence-corrected chi connectivity index (χ1v) is 10.4. The Balaban J connectivity index is 1.79. The minimum absolute atomic E-state index is 0.126. The Morgan fingerprint density at radius 2 is 2.09 bits per heavy atom. The van der Waals surface area contributed by atoms with E-state index in [1.807, 2.05) is 6.07 Å². The van der Waals surface area contributed by atoms with Crippen molar-refractivity contribution in [1.29, 1.82) is 5.26 Å². The van der Waals surface area contributed by atoms with E-state index in [4.69, 9.17) is 9.68 Å². The molecular formula is C24H20N6O4. The summed E-state index contributed by atoms with van der Waals surface area (Å²) < 4.78 is 7.04. The molecule has 170 valence electrons. The van der Waals surface area contributed by atoms with Gasteiger partial charge in [-0.05, 0) is 36.8 Å². The number of carbonyl (C=O) groups is 1. The molecule has 0 saturated heterocycles. The number of aryl methyl sites for hydroxylation is 1. The van der Waals surface area contributed by atoms with Crippen molar-refractivity contribution in [2.75, 3.05) is 6.54 Å². The first kappa shape index (κ1) is 22.4. The Kier molecular flexibility index (Phi) is 6.45. The Hall–Kier alpha value is -4.78. The molecule has 3 aromatic heterocycles. The quantitative estimate of drug-likeness (QED) is 0.285. The molecule has 0 spiro atoms. The second-order valence-electron chi connectivity index (χ2n) is 7.51. The zero-order chi connectivity index (χ0) is 24.1. The molecular weight excluding hydrogens is 436 g/mol. The molecule has 0 saturated carbocycles. The van der Waals surface area contributed by atoms with Gasteiger partial charge in [0.25, 0.3) is 11.6 Å². The molecule has 0 bridgehead atoms. The van der Waals surface area contributed by atoms with E-state index < -0.39 is 4.92 Å². The normalized spacial score (nSPS) is 10.6. The number of amides is 1. The molecule has 0 unspecified atom stereocenters. The van der Waals surface area contributed by atoms with Crippen LogP contribution >= 0.6 is 0 Å². The van der Waals surface area contributed by atoms with Gasteiger partial charge < -0.3 is 9.32 Å². The number of non-ortho nitro benzene ring substituents is 1. The molecule has 1 aromatic carbocycles. The van der Waals surface area contributed by atoms with E-state index in [1.165, 1.54) is 27.8 Å². The van der Waals surface area contributed by atoms with Crippen molar-refractivity contribution in [3.05, 3.63) is 94.1 Å². The van der Waals surface area contributed by atoms with Gasteiger partial charge in [-0.3, -0.25) is 19.9 Å². The first-order chi connectivity index (χ1) is 16.5. The van der Waals surface area contributed by atoms with Crippen molar-refractivity contribution in [3.63, 3.8) is 0 Å². The van der Waals surface area contributed by atoms with Crippen LogP contribution in [0, 0.1) is 28.4 Å². The van der Waals surface area contributed by atoms with E-state index in [0.717, 1.165) is 5.56 Å². The van der Waals surface area contributed by atoms with Crippen LogP contribution < -0.4 is 0 Å². The molecule has 0 aliphatic carbocycles. The number of nitriles is 1. The van der Waals surface area contributed by atoms with Gasteiger partial charge in [0.2, 0.25) is 0 Å². The molecule has 4 rings (SSSR count). The van der Waals surface area contributed by atoms with Gasteiger partial charge in [-0.2, -0.15) is 10.4 Å². The Morgan fingerprint density at radius 1 is 1.24 bits per heavy atom. The van der Waals surface area contributed by atoms with E-state index in [1.54, 1.807) is 49.6 Å². The average Bonchev–Trinajstić information content (AvgIpc) is 3.48. The van der Waals surface area contributed by atoms with E-state index in [-0.39, 0.29) is 36.8 Å². The predicted molar refractivity (Wildman–Crippen MR) is 122 cm³/mol. The number of benzene rings is 1. The van der Waals surface area contributed by atoms with Gasteiger partial charge in [-0.25, -0.2) is 4.68 Å². The summed E-state index contributed by atoms with van der Waals surface area (Å²) in [5.74, 6) is 0.763. The molecule has 0 fully saturated rings. The van der Waals surface area contributed by atoms with Crippen LogP contribution in [0.25, 0.3) is 17.1 Å². The average molecular weight is 456 g/mol. The third-order valence-electron chi connectivity index (χ3n) is 5.08. The maximum atomic E-state index is 13.7. The minimum Gasteiger partial charge on any atom is -0.460 e. The molecule has 10 heteroatoms. The molecule has 0 radical (unpaired) electrons. The van der Waals surface area contributed by atoms with Crippen LogP contribution in [0.2, 0.25) is 0 Å². The predicted octanol–water partition coefficient (Wildman–Crippen LogP) is 4.30. The van der Waals surface area contributed by atoms with Crippen molar-refractivity contribution >= 4 is 11.6 Å². The maximum absolute atomic E-state index is 13.7. The van der Waals surface area contributed by atoms with Crippen LogP contribution in [0.3, 0.4) is 0 Å². The molecule has 10 nitrogen and oxygen atoms in total. The van der Waals surface area contributed by atoms with Gasteiger partial charge in [0, 0.05) is 43.7 Å². The molecule has 0 aliphatic heterocycles. The van der Waals surface area contributed by atoms with E-state index in [0.29, 0.717) is 22.9 Å². The molecule has 0 atom stereocenters. The number of nitro benzene ring substituents is 1. The molecule has 34 heavy (non-hydrogen) atoms. The standard InChI is InChI=1S/C24H20N6O4/c1-17-8-9-23(34-17)21-14-22(29(27-21)19-6-2-7-20(13-19)30(32)33)24(31)28(12-4-10-25)16-18-5-3-11-26-15-18/h2-3,5-9,11,13-15H,4,12,16H2,1H3. The van der Waals surface area contributed by atoms with Crippen LogP contribution in [0.5, 0.6) is 0 Å². The summed E-state index contributed by atoms with van der Waals surface area (Å²) in [6.07, 6.45) is 3.43. The van der Waals surface area contributed by atoms with Crippen LogP contribution in [-0.4, -0.2) is 37.0 Å². The lowest BCUT2D eigenvalue weighted by atomic mass is 10.2. The third kappa shape index (κ3) is 4.83. The van der Waals surface area contributed by atoms with E-state index in [2.05, 4.69) is 16.2 Å². The molecule has 0 N–H and O–H groups in total. The van der Waals surface area contributed by atoms with Crippen molar-refractivity contribution in [1.82, 2.24) is 19.7 Å². The summed E-state index contributed by atoms with van der Waals surface area (Å²) in [7, 11) is 0. The highest BCUT2D eigenvalue weighted by atomic mass is 16.6. The van der Waals surface area contributed by atoms with Crippen molar-refractivity contribution in [3.8, 4) is 23.2 Å². The summed E-state index contributed by atoms with van der Waals surface area (Å²) >= 11 is 0. The molecule has 0 aliphatic rings. The lowest BCUT2D eigenvalue weighted by Gasteiger charge is -2.22. The topological polar surface area (TPSA) is 131 Å². The van der Waals surface area contributed by atoms with E-state index in [9.17, 15) is 14.9 Å². The lowest BCUT2D eigenvalue weighted by molar-refractivity contribution is -0.384. The number of carbonyl (C=O) groups excluding carboxylic acids is 1. The van der Waals surface area contributed by atoms with Gasteiger partial charge in [-0.15, -0.1) is 0 Å². The number of hydrogen-bond donors (Lipinski definition) is 0. The first-order valence-electron chi connectivity index (χ1n) is 10.4. The number of aromatic nitrogens is 3. The number of nitro groups is 1. The summed E-state index contributed by atoms with van der Waals surface area (Å²) in [4.78, 5) is 30.1. The van der Waals surface area contributed by atoms with Gasteiger partial charge in [0.1, 0.15) is 17.1 Å². The summed E-state index contributed by atoms with van der Waals surface area (Å²) in [6.45, 7) is 2.23.